The molecule has 0 heteroatoms. The van der Waals surface area contributed by atoms with Gasteiger partial charge >= 0.3 is 0 Å². The average molecular weight is 260 g/mol. The van der Waals surface area contributed by atoms with Crippen molar-refractivity contribution in [1.82, 2.24) is 0 Å². The van der Waals surface area contributed by atoms with E-state index >= 15 is 0 Å². The van der Waals surface area contributed by atoms with Crippen LogP contribution in [0, 0.1) is 0 Å². The molecule has 0 aliphatic heterocycles. The highest BCUT2D eigenvalue weighted by molar-refractivity contribution is 5.98. The van der Waals surface area contributed by atoms with Gasteiger partial charge in [0.2, 0.25) is 0 Å². The van der Waals surface area contributed by atoms with E-state index in [4.69, 9.17) is 0 Å². The molecule has 20 heavy (non-hydrogen) atoms. The van der Waals surface area contributed by atoms with Crippen LogP contribution in [0.4, 0.5) is 0 Å². The number of rotatable bonds is 1. The fourth-order valence-corrected chi connectivity index (χ4v) is 2.81. The van der Waals surface area contributed by atoms with Gasteiger partial charge in [0.05, 0.1) is 0 Å². The van der Waals surface area contributed by atoms with Crippen LogP contribution in [0.5, 0.6) is 0 Å². The predicted molar refractivity (Wildman–Crippen MR) is 88.1 cm³/mol. The van der Waals surface area contributed by atoms with Gasteiger partial charge in [-0.3, -0.25) is 0 Å². The summed E-state index contributed by atoms with van der Waals surface area (Å²) in [7, 11) is 0. The molecule has 100 valence electrons. The van der Waals surface area contributed by atoms with Crippen LogP contribution >= 0.6 is 0 Å². The van der Waals surface area contributed by atoms with Gasteiger partial charge in [-0.25, -0.2) is 0 Å². The quantitative estimate of drug-likeness (QED) is 0.518. The smallest absolute Gasteiger partial charge is 0.00680 e. The molecular weight excluding hydrogens is 240 g/mol. The van der Waals surface area contributed by atoms with E-state index in [1.807, 2.05) is 0 Å². The van der Waals surface area contributed by atoms with Gasteiger partial charge in [0, 0.05) is 0 Å². The fraction of sp³-hybridized carbons (Fsp3) is 0.200. The van der Waals surface area contributed by atoms with Crippen molar-refractivity contribution >= 4 is 10.8 Å². The van der Waals surface area contributed by atoms with E-state index in [0.717, 1.165) is 0 Å². The first-order valence-electron chi connectivity index (χ1n) is 7.15. The molecule has 0 heterocycles. The molecule has 3 aromatic rings. The third-order valence-corrected chi connectivity index (χ3v) is 3.80. The Morgan fingerprint density at radius 3 is 2.00 bits per heavy atom. The summed E-state index contributed by atoms with van der Waals surface area (Å²) < 4.78 is 0. The van der Waals surface area contributed by atoms with E-state index in [9.17, 15) is 0 Å². The third-order valence-electron chi connectivity index (χ3n) is 3.80. The Balaban J connectivity index is 2.41. The van der Waals surface area contributed by atoms with Crippen molar-refractivity contribution in [2.24, 2.45) is 0 Å². The summed E-state index contributed by atoms with van der Waals surface area (Å²) in [5.74, 6) is 0. The zero-order valence-electron chi connectivity index (χ0n) is 12.4. The van der Waals surface area contributed by atoms with Crippen molar-refractivity contribution < 1.29 is 0 Å². The number of hydrogen-bond acceptors (Lipinski definition) is 0. The lowest BCUT2D eigenvalue weighted by Crippen LogP contribution is -2.12. The summed E-state index contributed by atoms with van der Waals surface area (Å²) in [5.41, 5.74) is 4.21. The van der Waals surface area contributed by atoms with Crippen LogP contribution in [0.1, 0.15) is 26.3 Å². The molecule has 0 bridgehead atoms. The first-order chi connectivity index (χ1) is 9.57. The van der Waals surface area contributed by atoms with Crippen LogP contribution in [-0.4, -0.2) is 0 Å². The van der Waals surface area contributed by atoms with Crippen molar-refractivity contribution in [1.29, 1.82) is 0 Å². The fourth-order valence-electron chi connectivity index (χ4n) is 2.81. The maximum absolute atomic E-state index is 2.28. The molecule has 0 amide bonds. The first kappa shape index (κ1) is 12.9. The Labute approximate surface area is 121 Å². The standard InChI is InChI=1S/C20H20/c1-20(2,3)18-14-13-15-9-7-8-12-17(15)19(18)16-10-5-4-6-11-16/h4-14H,1-3H3. The minimum Gasteiger partial charge on any atom is -0.0622 e. The molecule has 0 aliphatic carbocycles. The number of fused-ring (bicyclic) bond motifs is 1. The minimum atomic E-state index is 0.134. The largest absolute Gasteiger partial charge is 0.0622 e. The Morgan fingerprint density at radius 1 is 0.650 bits per heavy atom. The van der Waals surface area contributed by atoms with Gasteiger partial charge in [0.15, 0.2) is 0 Å². The second kappa shape index (κ2) is 4.79. The predicted octanol–water partition coefficient (Wildman–Crippen LogP) is 5.80. The van der Waals surface area contributed by atoms with Gasteiger partial charge in [-0.2, -0.15) is 0 Å². The molecule has 0 atom stereocenters. The van der Waals surface area contributed by atoms with Crippen molar-refractivity contribution in [2.45, 2.75) is 26.2 Å². The molecule has 0 fully saturated rings. The van der Waals surface area contributed by atoms with Gasteiger partial charge in [0.25, 0.3) is 0 Å². The molecule has 0 saturated carbocycles. The molecule has 0 nitrogen and oxygen atoms in total. The van der Waals surface area contributed by atoms with Gasteiger partial charge in [0.1, 0.15) is 0 Å². The average Bonchev–Trinajstić information content (AvgIpc) is 2.46. The van der Waals surface area contributed by atoms with E-state index in [0.29, 0.717) is 0 Å². The Morgan fingerprint density at radius 2 is 1.30 bits per heavy atom. The SMILES string of the molecule is CC(C)(C)c1ccc2ccccc2c1-c1ccccc1. The maximum atomic E-state index is 2.28. The zero-order chi connectivity index (χ0) is 14.2. The lowest BCUT2D eigenvalue weighted by molar-refractivity contribution is 0.593. The second-order valence-electron chi connectivity index (χ2n) is 6.33. The van der Waals surface area contributed by atoms with Gasteiger partial charge < -0.3 is 0 Å². The van der Waals surface area contributed by atoms with Crippen molar-refractivity contribution in [2.75, 3.05) is 0 Å². The van der Waals surface area contributed by atoms with Crippen LogP contribution in [0.3, 0.4) is 0 Å². The number of benzene rings is 3. The van der Waals surface area contributed by atoms with Gasteiger partial charge in [-0.05, 0) is 32.9 Å². The van der Waals surface area contributed by atoms with Crippen molar-refractivity contribution in [3.8, 4) is 11.1 Å². The topological polar surface area (TPSA) is 0 Å². The highest BCUT2D eigenvalue weighted by Gasteiger charge is 2.20. The van der Waals surface area contributed by atoms with E-state index in [1.54, 1.807) is 0 Å². The summed E-state index contributed by atoms with van der Waals surface area (Å²) in [5, 5.41) is 2.64. The van der Waals surface area contributed by atoms with Crippen LogP contribution < -0.4 is 0 Å². The Kier molecular flexibility index (Phi) is 3.10. The van der Waals surface area contributed by atoms with Crippen LogP contribution in [0.2, 0.25) is 0 Å². The van der Waals surface area contributed by atoms with Gasteiger partial charge in [-0.15, -0.1) is 0 Å². The van der Waals surface area contributed by atoms with E-state index in [1.165, 1.54) is 27.5 Å². The van der Waals surface area contributed by atoms with Crippen molar-refractivity contribution in [3.05, 3.63) is 72.3 Å². The molecule has 0 radical (unpaired) electrons. The van der Waals surface area contributed by atoms with Crippen LogP contribution in [0.15, 0.2) is 66.7 Å². The molecule has 0 saturated heterocycles. The minimum absolute atomic E-state index is 0.134. The van der Waals surface area contributed by atoms with Crippen LogP contribution in [-0.2, 0) is 5.41 Å². The van der Waals surface area contributed by atoms with E-state index in [-0.39, 0.29) is 5.41 Å². The van der Waals surface area contributed by atoms with Crippen LogP contribution in [0.25, 0.3) is 21.9 Å². The first-order valence-corrected chi connectivity index (χ1v) is 7.15. The number of hydrogen-bond donors (Lipinski definition) is 0. The molecule has 0 aliphatic rings. The molecule has 0 aromatic heterocycles. The summed E-state index contributed by atoms with van der Waals surface area (Å²) in [6.07, 6.45) is 0. The lowest BCUT2D eigenvalue weighted by Gasteiger charge is -2.24. The zero-order valence-corrected chi connectivity index (χ0v) is 12.4. The summed E-state index contributed by atoms with van der Waals surface area (Å²) >= 11 is 0. The second-order valence-corrected chi connectivity index (χ2v) is 6.33. The molecule has 0 spiro atoms. The maximum Gasteiger partial charge on any atom is -0.00680 e. The van der Waals surface area contributed by atoms with E-state index < -0.39 is 0 Å². The third kappa shape index (κ3) is 2.22. The molecule has 0 unspecified atom stereocenters. The van der Waals surface area contributed by atoms with E-state index in [2.05, 4.69) is 87.5 Å². The molecule has 3 rings (SSSR count). The monoisotopic (exact) mass is 260 g/mol. The normalized spacial score (nSPS) is 11.8. The molecular formula is C20H20. The lowest BCUT2D eigenvalue weighted by atomic mass is 9.80. The highest BCUT2D eigenvalue weighted by atomic mass is 14.2. The molecule has 3 aromatic carbocycles. The Bertz CT molecular complexity index is 731. The Hall–Kier alpha value is -2.08. The van der Waals surface area contributed by atoms with Gasteiger partial charge in [-0.1, -0.05) is 87.5 Å². The summed E-state index contributed by atoms with van der Waals surface area (Å²) in [6, 6.07) is 23.9. The highest BCUT2D eigenvalue weighted by Crippen LogP contribution is 2.38. The summed E-state index contributed by atoms with van der Waals surface area (Å²) in [4.78, 5) is 0. The van der Waals surface area contributed by atoms with Crippen molar-refractivity contribution in [3.63, 3.8) is 0 Å². The molecule has 0 N–H and O–H groups in total. The summed E-state index contributed by atoms with van der Waals surface area (Å²) in [6.45, 7) is 6.84.